The first kappa shape index (κ1) is 9.33. The van der Waals surface area contributed by atoms with Crippen molar-refractivity contribution < 1.29 is 4.74 Å². The average molecular weight is 273 g/mol. The van der Waals surface area contributed by atoms with Gasteiger partial charge in [0, 0.05) is 9.99 Å². The summed E-state index contributed by atoms with van der Waals surface area (Å²) in [5.41, 5.74) is 1.75. The van der Waals surface area contributed by atoms with E-state index in [9.17, 15) is 0 Å². The molecule has 0 unspecified atom stereocenters. The third-order valence-electron chi connectivity index (χ3n) is 1.55. The summed E-state index contributed by atoms with van der Waals surface area (Å²) in [7, 11) is 1.64. The number of nitrogens with zero attached hydrogens (tertiary/aromatic N) is 1. The fraction of sp³-hybridized carbons (Fsp3) is 0.222. The van der Waals surface area contributed by atoms with Crippen LogP contribution < -0.4 is 4.74 Å². The molecule has 62 valence electrons. The van der Waals surface area contributed by atoms with Crippen LogP contribution in [0, 0.1) is 11.3 Å². The lowest BCUT2D eigenvalue weighted by molar-refractivity contribution is 0.411. The van der Waals surface area contributed by atoms with Crippen LogP contribution in [-0.2, 0) is 4.43 Å². The largest absolute Gasteiger partial charge is 0.496 e. The van der Waals surface area contributed by atoms with Gasteiger partial charge in [-0.05, 0) is 18.2 Å². The summed E-state index contributed by atoms with van der Waals surface area (Å²) in [5, 5.41) is 8.63. The second-order valence-electron chi connectivity index (χ2n) is 2.27. The van der Waals surface area contributed by atoms with Gasteiger partial charge in [-0.1, -0.05) is 22.6 Å². The molecule has 0 fully saturated rings. The number of halogens is 1. The van der Waals surface area contributed by atoms with E-state index in [4.69, 9.17) is 10.00 Å². The van der Waals surface area contributed by atoms with Gasteiger partial charge in [-0.3, -0.25) is 0 Å². The van der Waals surface area contributed by atoms with E-state index in [0.717, 1.165) is 15.7 Å². The van der Waals surface area contributed by atoms with Crippen LogP contribution in [0.4, 0.5) is 0 Å². The summed E-state index contributed by atoms with van der Waals surface area (Å²) in [6.07, 6.45) is 0. The number of methoxy groups -OCH3 is 1. The van der Waals surface area contributed by atoms with Crippen molar-refractivity contribution in [3.05, 3.63) is 29.3 Å². The molecule has 0 aliphatic heterocycles. The highest BCUT2D eigenvalue weighted by Gasteiger charge is 2.01. The van der Waals surface area contributed by atoms with Crippen molar-refractivity contribution >= 4 is 22.6 Å². The van der Waals surface area contributed by atoms with Gasteiger partial charge in [0.05, 0.1) is 18.7 Å². The quantitative estimate of drug-likeness (QED) is 0.612. The zero-order valence-corrected chi connectivity index (χ0v) is 8.83. The fourth-order valence-electron chi connectivity index (χ4n) is 0.953. The van der Waals surface area contributed by atoms with Crippen molar-refractivity contribution in [2.45, 2.75) is 4.43 Å². The minimum atomic E-state index is 0.683. The Kier molecular flexibility index (Phi) is 3.35. The third kappa shape index (κ3) is 1.89. The van der Waals surface area contributed by atoms with Crippen molar-refractivity contribution in [3.63, 3.8) is 0 Å². The van der Waals surface area contributed by atoms with Gasteiger partial charge < -0.3 is 4.74 Å². The molecule has 1 rings (SSSR count). The van der Waals surface area contributed by atoms with Crippen LogP contribution in [0.1, 0.15) is 11.1 Å². The summed E-state index contributed by atoms with van der Waals surface area (Å²) in [5.74, 6) is 0.850. The van der Waals surface area contributed by atoms with Gasteiger partial charge in [-0.25, -0.2) is 0 Å². The molecule has 0 atom stereocenters. The molecule has 0 radical (unpaired) electrons. The van der Waals surface area contributed by atoms with Gasteiger partial charge in [0.15, 0.2) is 0 Å². The molecule has 1 aromatic rings. The minimum Gasteiger partial charge on any atom is -0.496 e. The second kappa shape index (κ2) is 4.31. The number of rotatable bonds is 2. The second-order valence-corrected chi connectivity index (χ2v) is 3.03. The van der Waals surface area contributed by atoms with Crippen molar-refractivity contribution in [1.29, 1.82) is 5.26 Å². The predicted octanol–water partition coefficient (Wildman–Crippen LogP) is 2.50. The van der Waals surface area contributed by atoms with E-state index < -0.39 is 0 Å². The molecule has 0 amide bonds. The van der Waals surface area contributed by atoms with Gasteiger partial charge in [-0.2, -0.15) is 5.26 Å². The maximum Gasteiger partial charge on any atom is 0.122 e. The normalized spacial score (nSPS) is 9.08. The first-order chi connectivity index (χ1) is 5.81. The average Bonchev–Trinajstić information content (AvgIpc) is 2.16. The molecule has 12 heavy (non-hydrogen) atoms. The van der Waals surface area contributed by atoms with Gasteiger partial charge in [0.1, 0.15) is 5.75 Å². The number of nitriles is 1. The summed E-state index contributed by atoms with van der Waals surface area (Å²) in [6.45, 7) is 0. The zero-order chi connectivity index (χ0) is 8.97. The maximum atomic E-state index is 8.63. The molecule has 2 nitrogen and oxygen atoms in total. The van der Waals surface area contributed by atoms with E-state index in [1.165, 1.54) is 0 Å². The number of hydrogen-bond acceptors (Lipinski definition) is 2. The minimum absolute atomic E-state index is 0.683. The van der Waals surface area contributed by atoms with E-state index >= 15 is 0 Å². The SMILES string of the molecule is COc1ccc(C#N)cc1CI. The molecule has 0 spiro atoms. The van der Waals surface area contributed by atoms with Gasteiger partial charge in [0.2, 0.25) is 0 Å². The summed E-state index contributed by atoms with van der Waals surface area (Å²) < 4.78 is 5.98. The van der Waals surface area contributed by atoms with Crippen LogP contribution in [-0.4, -0.2) is 7.11 Å². The van der Waals surface area contributed by atoms with E-state index in [1.807, 2.05) is 12.1 Å². The highest BCUT2D eigenvalue weighted by Crippen LogP contribution is 2.21. The van der Waals surface area contributed by atoms with Crippen LogP contribution in [0.15, 0.2) is 18.2 Å². The lowest BCUT2D eigenvalue weighted by Gasteiger charge is -2.04. The predicted molar refractivity (Wildman–Crippen MR) is 55.4 cm³/mol. The lowest BCUT2D eigenvalue weighted by atomic mass is 10.1. The fourth-order valence-corrected chi connectivity index (χ4v) is 1.55. The zero-order valence-electron chi connectivity index (χ0n) is 6.67. The van der Waals surface area contributed by atoms with Crippen molar-refractivity contribution in [2.24, 2.45) is 0 Å². The van der Waals surface area contributed by atoms with E-state index in [-0.39, 0.29) is 0 Å². The smallest absolute Gasteiger partial charge is 0.122 e. The van der Waals surface area contributed by atoms with Crippen LogP contribution in [0.3, 0.4) is 0 Å². The van der Waals surface area contributed by atoms with E-state index in [2.05, 4.69) is 28.7 Å². The molecule has 0 aliphatic carbocycles. The molecule has 3 heteroatoms. The monoisotopic (exact) mass is 273 g/mol. The maximum absolute atomic E-state index is 8.63. The number of hydrogen-bond donors (Lipinski definition) is 0. The van der Waals surface area contributed by atoms with Gasteiger partial charge in [0.25, 0.3) is 0 Å². The van der Waals surface area contributed by atoms with Crippen molar-refractivity contribution in [2.75, 3.05) is 7.11 Å². The molecule has 1 aromatic carbocycles. The van der Waals surface area contributed by atoms with Crippen molar-refractivity contribution in [3.8, 4) is 11.8 Å². The molecular weight excluding hydrogens is 265 g/mol. The Balaban J connectivity index is 3.13. The molecule has 0 aliphatic rings. The first-order valence-corrected chi connectivity index (χ1v) is 4.97. The van der Waals surface area contributed by atoms with Crippen molar-refractivity contribution in [1.82, 2.24) is 0 Å². The summed E-state index contributed by atoms with van der Waals surface area (Å²) >= 11 is 2.25. The van der Waals surface area contributed by atoms with Crippen LogP contribution >= 0.6 is 22.6 Å². The summed E-state index contributed by atoms with van der Waals surface area (Å²) in [6, 6.07) is 7.53. The molecule has 0 N–H and O–H groups in total. The Hall–Kier alpha value is -0.760. The van der Waals surface area contributed by atoms with Crippen LogP contribution in [0.5, 0.6) is 5.75 Å². The molecule has 0 aromatic heterocycles. The number of benzene rings is 1. The first-order valence-electron chi connectivity index (χ1n) is 3.44. The molecule has 0 bridgehead atoms. The van der Waals surface area contributed by atoms with Gasteiger partial charge in [-0.15, -0.1) is 0 Å². The Bertz CT molecular complexity index is 317. The Morgan fingerprint density at radius 3 is 2.83 bits per heavy atom. The van der Waals surface area contributed by atoms with E-state index in [1.54, 1.807) is 13.2 Å². The summed E-state index contributed by atoms with van der Waals surface area (Å²) in [4.78, 5) is 0. The van der Waals surface area contributed by atoms with Gasteiger partial charge >= 0.3 is 0 Å². The molecule has 0 saturated carbocycles. The highest BCUT2D eigenvalue weighted by atomic mass is 127. The highest BCUT2D eigenvalue weighted by molar-refractivity contribution is 14.1. The molecule has 0 saturated heterocycles. The Morgan fingerprint density at radius 1 is 1.58 bits per heavy atom. The molecule has 0 heterocycles. The number of ether oxygens (including phenoxy) is 1. The standard InChI is InChI=1S/C9H8INO/c1-12-9-3-2-7(6-11)4-8(9)5-10/h2-4H,5H2,1H3. The molecular formula is C9H8INO. The topological polar surface area (TPSA) is 33.0 Å². The number of alkyl halides is 1. The Morgan fingerprint density at radius 2 is 2.33 bits per heavy atom. The Labute approximate surface area is 85.3 Å². The van der Waals surface area contributed by atoms with Crippen LogP contribution in [0.2, 0.25) is 0 Å². The van der Waals surface area contributed by atoms with E-state index in [0.29, 0.717) is 5.56 Å². The third-order valence-corrected chi connectivity index (χ3v) is 2.38. The lowest BCUT2D eigenvalue weighted by Crippen LogP contribution is -1.89. The van der Waals surface area contributed by atoms with Crippen LogP contribution in [0.25, 0.3) is 0 Å².